The number of nitrogens with one attached hydrogen (secondary N) is 1. The van der Waals surface area contributed by atoms with E-state index >= 15 is 0 Å². The molecule has 0 radical (unpaired) electrons. The molecule has 0 fully saturated rings. The van der Waals surface area contributed by atoms with E-state index in [0.717, 1.165) is 17.3 Å². The number of nitrogens with two attached hydrogens (primary N) is 1. The fraction of sp³-hybridized carbons (Fsp3) is 0.533. The summed E-state index contributed by atoms with van der Waals surface area (Å²) in [6.07, 6.45) is 3.34. The third-order valence-corrected chi connectivity index (χ3v) is 3.44. The van der Waals surface area contributed by atoms with Crippen molar-refractivity contribution in [3.8, 4) is 0 Å². The maximum absolute atomic E-state index is 12.1. The Hall–Kier alpha value is -1.03. The van der Waals surface area contributed by atoms with Crippen LogP contribution in [0.4, 0.5) is 5.69 Å². The SMILES string of the molecule is CC(C)CCCC(C)NC(=O)c1cc(N)cc(Br)c1. The molecule has 0 aliphatic rings. The van der Waals surface area contributed by atoms with E-state index < -0.39 is 0 Å². The number of anilines is 1. The molecule has 1 amide bonds. The molecule has 0 bridgehead atoms. The molecule has 4 heteroatoms. The van der Waals surface area contributed by atoms with Crippen molar-refractivity contribution >= 4 is 27.5 Å². The van der Waals surface area contributed by atoms with E-state index in [9.17, 15) is 4.79 Å². The van der Waals surface area contributed by atoms with E-state index in [1.54, 1.807) is 18.2 Å². The average Bonchev–Trinajstić information content (AvgIpc) is 2.26. The lowest BCUT2D eigenvalue weighted by Crippen LogP contribution is -2.32. The van der Waals surface area contributed by atoms with Crippen LogP contribution in [0.15, 0.2) is 22.7 Å². The fourth-order valence-corrected chi connectivity index (χ4v) is 2.47. The Balaban J connectivity index is 2.49. The first-order valence-corrected chi connectivity index (χ1v) is 7.54. The van der Waals surface area contributed by atoms with Crippen LogP contribution in [-0.4, -0.2) is 11.9 Å². The van der Waals surface area contributed by atoms with Gasteiger partial charge in [0, 0.05) is 21.8 Å². The lowest BCUT2D eigenvalue weighted by atomic mass is 10.0. The lowest BCUT2D eigenvalue weighted by molar-refractivity contribution is 0.0937. The van der Waals surface area contributed by atoms with Crippen LogP contribution in [0, 0.1) is 5.92 Å². The average molecular weight is 327 g/mol. The van der Waals surface area contributed by atoms with Gasteiger partial charge in [0.05, 0.1) is 0 Å². The highest BCUT2D eigenvalue weighted by molar-refractivity contribution is 9.10. The van der Waals surface area contributed by atoms with Gasteiger partial charge in [0.1, 0.15) is 0 Å². The predicted octanol–water partition coefficient (Wildman–Crippen LogP) is 3.98. The van der Waals surface area contributed by atoms with Crippen molar-refractivity contribution in [2.75, 3.05) is 5.73 Å². The second-order valence-corrected chi connectivity index (χ2v) is 6.39. The third kappa shape index (κ3) is 6.10. The molecule has 1 rings (SSSR count). The van der Waals surface area contributed by atoms with Crippen molar-refractivity contribution < 1.29 is 4.79 Å². The zero-order valence-electron chi connectivity index (χ0n) is 11.9. The van der Waals surface area contributed by atoms with Crippen LogP contribution in [-0.2, 0) is 0 Å². The molecule has 0 aliphatic carbocycles. The summed E-state index contributed by atoms with van der Waals surface area (Å²) >= 11 is 3.35. The van der Waals surface area contributed by atoms with E-state index in [1.807, 2.05) is 6.92 Å². The maximum Gasteiger partial charge on any atom is 0.251 e. The van der Waals surface area contributed by atoms with Crippen molar-refractivity contribution in [1.29, 1.82) is 0 Å². The van der Waals surface area contributed by atoms with Gasteiger partial charge in [0.15, 0.2) is 0 Å². The molecule has 1 unspecified atom stereocenters. The first-order chi connectivity index (χ1) is 8.88. The smallest absolute Gasteiger partial charge is 0.251 e. The molecule has 106 valence electrons. The van der Waals surface area contributed by atoms with Gasteiger partial charge in [-0.05, 0) is 37.5 Å². The van der Waals surface area contributed by atoms with Gasteiger partial charge in [-0.25, -0.2) is 0 Å². The molecule has 0 heterocycles. The molecular weight excluding hydrogens is 304 g/mol. The van der Waals surface area contributed by atoms with E-state index in [-0.39, 0.29) is 11.9 Å². The molecule has 1 aromatic rings. The van der Waals surface area contributed by atoms with E-state index in [4.69, 9.17) is 5.73 Å². The van der Waals surface area contributed by atoms with Crippen molar-refractivity contribution in [1.82, 2.24) is 5.32 Å². The maximum atomic E-state index is 12.1. The second kappa shape index (κ2) is 7.53. The molecule has 1 aromatic carbocycles. The van der Waals surface area contributed by atoms with E-state index in [0.29, 0.717) is 17.2 Å². The van der Waals surface area contributed by atoms with Crippen molar-refractivity contribution in [2.24, 2.45) is 5.92 Å². The number of carbonyl (C=O) groups excluding carboxylic acids is 1. The van der Waals surface area contributed by atoms with E-state index in [1.165, 1.54) is 6.42 Å². The Bertz CT molecular complexity index is 412. The van der Waals surface area contributed by atoms with Crippen molar-refractivity contribution in [3.05, 3.63) is 28.2 Å². The molecule has 0 aliphatic heterocycles. The van der Waals surface area contributed by atoms with Gasteiger partial charge in [-0.3, -0.25) is 4.79 Å². The minimum atomic E-state index is -0.0648. The number of carbonyl (C=O) groups is 1. The highest BCUT2D eigenvalue weighted by atomic mass is 79.9. The van der Waals surface area contributed by atoms with Gasteiger partial charge in [-0.2, -0.15) is 0 Å². The van der Waals surface area contributed by atoms with Gasteiger partial charge < -0.3 is 11.1 Å². The van der Waals surface area contributed by atoms with Crippen LogP contribution in [0.5, 0.6) is 0 Å². The number of benzene rings is 1. The zero-order valence-corrected chi connectivity index (χ0v) is 13.5. The first kappa shape index (κ1) is 16.0. The number of nitrogen functional groups attached to an aromatic ring is 1. The minimum absolute atomic E-state index is 0.0648. The standard InChI is InChI=1S/C15H23BrN2O/c1-10(2)5-4-6-11(3)18-15(19)12-7-13(16)9-14(17)8-12/h7-11H,4-6,17H2,1-3H3,(H,18,19). The first-order valence-electron chi connectivity index (χ1n) is 6.75. The van der Waals surface area contributed by atoms with Crippen LogP contribution in [0.25, 0.3) is 0 Å². The summed E-state index contributed by atoms with van der Waals surface area (Å²) in [6.45, 7) is 6.47. The summed E-state index contributed by atoms with van der Waals surface area (Å²) in [5.41, 5.74) is 6.92. The Kier molecular flexibility index (Phi) is 6.35. The largest absolute Gasteiger partial charge is 0.399 e. The summed E-state index contributed by atoms with van der Waals surface area (Å²) in [5.74, 6) is 0.651. The number of rotatable bonds is 6. The summed E-state index contributed by atoms with van der Waals surface area (Å²) in [6, 6.07) is 5.45. The van der Waals surface area contributed by atoms with Gasteiger partial charge in [-0.1, -0.05) is 42.6 Å². The van der Waals surface area contributed by atoms with Gasteiger partial charge in [0.25, 0.3) is 5.91 Å². The fourth-order valence-electron chi connectivity index (χ4n) is 1.96. The Morgan fingerprint density at radius 3 is 2.53 bits per heavy atom. The molecule has 0 saturated heterocycles. The molecular formula is C15H23BrN2O. The second-order valence-electron chi connectivity index (χ2n) is 5.47. The van der Waals surface area contributed by atoms with Gasteiger partial charge >= 0.3 is 0 Å². The minimum Gasteiger partial charge on any atom is -0.399 e. The Labute approximate surface area is 124 Å². The predicted molar refractivity (Wildman–Crippen MR) is 84.2 cm³/mol. The highest BCUT2D eigenvalue weighted by Gasteiger charge is 2.11. The molecule has 19 heavy (non-hydrogen) atoms. The van der Waals surface area contributed by atoms with Crippen LogP contribution in [0.3, 0.4) is 0 Å². The topological polar surface area (TPSA) is 55.1 Å². The summed E-state index contributed by atoms with van der Waals surface area (Å²) in [7, 11) is 0. The van der Waals surface area contributed by atoms with Crippen molar-refractivity contribution in [3.63, 3.8) is 0 Å². The zero-order chi connectivity index (χ0) is 14.4. The number of halogens is 1. The van der Waals surface area contributed by atoms with Crippen LogP contribution in [0.2, 0.25) is 0 Å². The third-order valence-electron chi connectivity index (χ3n) is 2.98. The van der Waals surface area contributed by atoms with Crippen LogP contribution >= 0.6 is 15.9 Å². The van der Waals surface area contributed by atoms with Gasteiger partial charge in [-0.15, -0.1) is 0 Å². The quantitative estimate of drug-likeness (QED) is 0.777. The lowest BCUT2D eigenvalue weighted by Gasteiger charge is -2.15. The monoisotopic (exact) mass is 326 g/mol. The molecule has 0 spiro atoms. The number of hydrogen-bond acceptors (Lipinski definition) is 2. The molecule has 3 N–H and O–H groups in total. The Morgan fingerprint density at radius 2 is 1.95 bits per heavy atom. The summed E-state index contributed by atoms with van der Waals surface area (Å²) in [4.78, 5) is 12.1. The van der Waals surface area contributed by atoms with Crippen molar-refractivity contribution in [2.45, 2.75) is 46.1 Å². The molecule has 0 aromatic heterocycles. The Morgan fingerprint density at radius 1 is 1.26 bits per heavy atom. The van der Waals surface area contributed by atoms with E-state index in [2.05, 4.69) is 35.1 Å². The summed E-state index contributed by atoms with van der Waals surface area (Å²) < 4.78 is 0.824. The highest BCUT2D eigenvalue weighted by Crippen LogP contribution is 2.17. The summed E-state index contributed by atoms with van der Waals surface area (Å²) in [5, 5.41) is 3.01. The van der Waals surface area contributed by atoms with Crippen LogP contribution < -0.4 is 11.1 Å². The van der Waals surface area contributed by atoms with Gasteiger partial charge in [0.2, 0.25) is 0 Å². The molecule has 1 atom stereocenters. The van der Waals surface area contributed by atoms with Crippen LogP contribution in [0.1, 0.15) is 50.4 Å². The molecule has 3 nitrogen and oxygen atoms in total. The normalized spacial score (nSPS) is 12.5. The number of hydrogen-bond donors (Lipinski definition) is 2. The number of amides is 1. The molecule has 0 saturated carbocycles.